The van der Waals surface area contributed by atoms with Crippen molar-refractivity contribution in [2.45, 2.75) is 44.2 Å². The Hall–Kier alpha value is -1.96. The summed E-state index contributed by atoms with van der Waals surface area (Å²) < 4.78 is 41.9. The summed E-state index contributed by atoms with van der Waals surface area (Å²) in [6.07, 6.45) is 0.163. The number of carbonyl (C=O) groups is 1. The van der Waals surface area contributed by atoms with Gasteiger partial charge in [0.25, 0.3) is 0 Å². The maximum absolute atomic E-state index is 13.6. The molecule has 5 nitrogen and oxygen atoms in total. The SMILES string of the molecule is CC(C)(C)[C@@H]1C[C@@H](C(=O)O)[C@H](c2cccc(Cl)c2)N1S(=O)(=O)c1ccc(F)cc1. The van der Waals surface area contributed by atoms with Gasteiger partial charge < -0.3 is 5.11 Å². The van der Waals surface area contributed by atoms with Gasteiger partial charge in [-0.25, -0.2) is 12.8 Å². The molecular weight excluding hydrogens is 417 g/mol. The number of aliphatic carboxylic acids is 1. The topological polar surface area (TPSA) is 74.7 Å². The fraction of sp³-hybridized carbons (Fsp3) is 0.381. The van der Waals surface area contributed by atoms with Crippen molar-refractivity contribution in [3.63, 3.8) is 0 Å². The van der Waals surface area contributed by atoms with Crippen LogP contribution in [-0.2, 0) is 14.8 Å². The second-order valence-corrected chi connectivity index (χ2v) is 10.6. The van der Waals surface area contributed by atoms with E-state index in [2.05, 4.69) is 0 Å². The molecule has 1 fully saturated rings. The van der Waals surface area contributed by atoms with Crippen LogP contribution in [0.25, 0.3) is 0 Å². The Kier molecular flexibility index (Phi) is 5.77. The van der Waals surface area contributed by atoms with Crippen LogP contribution in [0.5, 0.6) is 0 Å². The van der Waals surface area contributed by atoms with Crippen molar-refractivity contribution in [2.75, 3.05) is 0 Å². The van der Waals surface area contributed by atoms with Crippen molar-refractivity contribution >= 4 is 27.6 Å². The van der Waals surface area contributed by atoms with Gasteiger partial charge in [-0.05, 0) is 53.8 Å². The molecular formula is C21H23ClFNO4S. The zero-order chi connectivity index (χ0) is 21.6. The standard InChI is InChI=1S/C21H23ClFNO4S/c1-21(2,3)18-12-17(20(25)26)19(13-5-4-6-14(22)11-13)24(18)29(27,28)16-9-7-15(23)8-10-16/h4-11,17-19H,12H2,1-3H3,(H,25,26)/t17-,18+,19+/m1/s1. The third-order valence-corrected chi connectivity index (χ3v) is 7.48. The molecule has 3 rings (SSSR count). The van der Waals surface area contributed by atoms with Crippen LogP contribution in [0, 0.1) is 17.2 Å². The number of sulfonamides is 1. The van der Waals surface area contributed by atoms with Crippen LogP contribution in [0.3, 0.4) is 0 Å². The fourth-order valence-corrected chi connectivity index (χ4v) is 6.16. The molecule has 0 radical (unpaired) electrons. The van der Waals surface area contributed by atoms with E-state index >= 15 is 0 Å². The molecule has 8 heteroatoms. The molecule has 0 spiro atoms. The van der Waals surface area contributed by atoms with Crippen molar-refractivity contribution in [1.29, 1.82) is 0 Å². The molecule has 29 heavy (non-hydrogen) atoms. The quantitative estimate of drug-likeness (QED) is 0.747. The van der Waals surface area contributed by atoms with Gasteiger partial charge in [-0.15, -0.1) is 0 Å². The summed E-state index contributed by atoms with van der Waals surface area (Å²) in [5.41, 5.74) is -0.00366. The first kappa shape index (κ1) is 21.7. The van der Waals surface area contributed by atoms with Gasteiger partial charge in [-0.1, -0.05) is 44.5 Å². The molecule has 3 atom stereocenters. The lowest BCUT2D eigenvalue weighted by molar-refractivity contribution is -0.142. The van der Waals surface area contributed by atoms with E-state index in [1.165, 1.54) is 16.4 Å². The number of rotatable bonds is 4. The van der Waals surface area contributed by atoms with Crippen molar-refractivity contribution < 1.29 is 22.7 Å². The third-order valence-electron chi connectivity index (χ3n) is 5.34. The smallest absolute Gasteiger partial charge is 0.308 e. The Morgan fingerprint density at radius 1 is 1.17 bits per heavy atom. The van der Waals surface area contributed by atoms with E-state index in [0.717, 1.165) is 12.1 Å². The van der Waals surface area contributed by atoms with Crippen LogP contribution >= 0.6 is 11.6 Å². The summed E-state index contributed by atoms with van der Waals surface area (Å²) in [4.78, 5) is 12.0. The summed E-state index contributed by atoms with van der Waals surface area (Å²) in [6, 6.07) is 9.68. The lowest BCUT2D eigenvalue weighted by atomic mass is 9.83. The van der Waals surface area contributed by atoms with Gasteiger partial charge in [0.1, 0.15) is 5.82 Å². The van der Waals surface area contributed by atoms with Crippen LogP contribution in [0.2, 0.25) is 5.02 Å². The highest BCUT2D eigenvalue weighted by molar-refractivity contribution is 7.89. The number of carboxylic acid groups (broad SMARTS) is 1. The molecule has 1 heterocycles. The van der Waals surface area contributed by atoms with Gasteiger partial charge in [-0.2, -0.15) is 4.31 Å². The molecule has 156 valence electrons. The van der Waals surface area contributed by atoms with Gasteiger partial charge in [0.15, 0.2) is 0 Å². The number of nitrogens with zero attached hydrogens (tertiary/aromatic N) is 1. The maximum Gasteiger partial charge on any atom is 0.308 e. The predicted octanol–water partition coefficient (Wildman–Crippen LogP) is 4.73. The molecule has 2 aromatic rings. The van der Waals surface area contributed by atoms with E-state index in [0.29, 0.717) is 10.6 Å². The summed E-state index contributed by atoms with van der Waals surface area (Å²) in [5.74, 6) is -2.55. The number of carboxylic acids is 1. The zero-order valence-electron chi connectivity index (χ0n) is 16.3. The molecule has 2 aromatic carbocycles. The molecule has 0 bridgehead atoms. The average Bonchev–Trinajstić information content (AvgIpc) is 3.04. The minimum absolute atomic E-state index is 0.0776. The van der Waals surface area contributed by atoms with Crippen LogP contribution in [0.4, 0.5) is 4.39 Å². The van der Waals surface area contributed by atoms with Gasteiger partial charge in [0.2, 0.25) is 10.0 Å². The summed E-state index contributed by atoms with van der Waals surface area (Å²) in [6.45, 7) is 5.64. The second-order valence-electron chi connectivity index (χ2n) is 8.35. The number of halogens is 2. The maximum atomic E-state index is 13.6. The summed E-state index contributed by atoms with van der Waals surface area (Å²) >= 11 is 6.12. The predicted molar refractivity (Wildman–Crippen MR) is 109 cm³/mol. The molecule has 1 aliphatic heterocycles. The van der Waals surface area contributed by atoms with E-state index in [1.807, 2.05) is 20.8 Å². The zero-order valence-corrected chi connectivity index (χ0v) is 17.9. The Morgan fingerprint density at radius 3 is 2.31 bits per heavy atom. The molecule has 0 unspecified atom stereocenters. The first-order valence-corrected chi connectivity index (χ1v) is 11.0. The third kappa shape index (κ3) is 4.17. The molecule has 1 saturated heterocycles. The van der Waals surface area contributed by atoms with E-state index in [4.69, 9.17) is 11.6 Å². The monoisotopic (exact) mass is 439 g/mol. The lowest BCUT2D eigenvalue weighted by Crippen LogP contribution is -2.44. The Balaban J connectivity index is 2.23. The molecule has 0 amide bonds. The number of hydrogen-bond donors (Lipinski definition) is 1. The number of hydrogen-bond acceptors (Lipinski definition) is 3. The van der Waals surface area contributed by atoms with Crippen molar-refractivity contribution in [3.8, 4) is 0 Å². The average molecular weight is 440 g/mol. The number of benzene rings is 2. The lowest BCUT2D eigenvalue weighted by Gasteiger charge is -2.37. The minimum Gasteiger partial charge on any atom is -0.481 e. The van der Waals surface area contributed by atoms with Gasteiger partial charge in [0, 0.05) is 11.1 Å². The fourth-order valence-electron chi connectivity index (χ4n) is 3.93. The minimum atomic E-state index is -4.10. The second kappa shape index (κ2) is 7.70. The summed E-state index contributed by atoms with van der Waals surface area (Å²) in [5, 5.41) is 10.3. The summed E-state index contributed by atoms with van der Waals surface area (Å²) in [7, 11) is -4.10. The molecule has 0 aliphatic carbocycles. The Labute approximate surface area is 175 Å². The van der Waals surface area contributed by atoms with Crippen LogP contribution in [0.1, 0.15) is 38.8 Å². The Bertz CT molecular complexity index is 1020. The highest BCUT2D eigenvalue weighted by Crippen LogP contribution is 2.49. The van der Waals surface area contributed by atoms with E-state index in [9.17, 15) is 22.7 Å². The highest BCUT2D eigenvalue weighted by Gasteiger charge is 2.54. The van der Waals surface area contributed by atoms with Crippen LogP contribution in [0.15, 0.2) is 53.4 Å². The van der Waals surface area contributed by atoms with Crippen molar-refractivity contribution in [1.82, 2.24) is 4.31 Å². The highest BCUT2D eigenvalue weighted by atomic mass is 35.5. The molecule has 0 saturated carbocycles. The van der Waals surface area contributed by atoms with E-state index in [1.54, 1.807) is 24.3 Å². The molecule has 1 aliphatic rings. The van der Waals surface area contributed by atoms with Crippen molar-refractivity contribution in [3.05, 3.63) is 64.9 Å². The van der Waals surface area contributed by atoms with Crippen molar-refractivity contribution in [2.24, 2.45) is 11.3 Å². The van der Waals surface area contributed by atoms with Crippen LogP contribution in [-0.4, -0.2) is 29.8 Å². The Morgan fingerprint density at radius 2 is 1.79 bits per heavy atom. The first-order valence-electron chi connectivity index (χ1n) is 9.20. The van der Waals surface area contributed by atoms with Crippen LogP contribution < -0.4 is 0 Å². The van der Waals surface area contributed by atoms with E-state index in [-0.39, 0.29) is 11.3 Å². The largest absolute Gasteiger partial charge is 0.481 e. The molecule has 0 aromatic heterocycles. The van der Waals surface area contributed by atoms with Gasteiger partial charge in [0.05, 0.1) is 16.9 Å². The molecule has 1 N–H and O–H groups in total. The van der Waals surface area contributed by atoms with Gasteiger partial charge in [-0.3, -0.25) is 4.79 Å². The normalized spacial score (nSPS) is 23.3. The first-order chi connectivity index (χ1) is 13.4. The van der Waals surface area contributed by atoms with Gasteiger partial charge >= 0.3 is 5.97 Å². The van der Waals surface area contributed by atoms with E-state index < -0.39 is 45.2 Å².